The third kappa shape index (κ3) is 1.95. The predicted molar refractivity (Wildman–Crippen MR) is 104 cm³/mol. The van der Waals surface area contributed by atoms with Gasteiger partial charge in [0.2, 0.25) is 6.34 Å². The highest BCUT2D eigenvalue weighted by Crippen LogP contribution is 2.65. The summed E-state index contributed by atoms with van der Waals surface area (Å²) in [5.74, 6) is 1.89. The van der Waals surface area contributed by atoms with Crippen molar-refractivity contribution in [2.45, 2.75) is 92.2 Å². The summed E-state index contributed by atoms with van der Waals surface area (Å²) in [4.78, 5) is 2.80. The molecule has 0 radical (unpaired) electrons. The van der Waals surface area contributed by atoms with Gasteiger partial charge in [-0.05, 0) is 50.4 Å². The van der Waals surface area contributed by atoms with Crippen LogP contribution in [0.3, 0.4) is 0 Å². The molecule has 1 aliphatic heterocycles. The first-order valence-electron chi connectivity index (χ1n) is 10.9. The molecular formula is C23H39N2+. The zero-order chi connectivity index (χ0) is 17.8. The van der Waals surface area contributed by atoms with E-state index in [-0.39, 0.29) is 0 Å². The molecular weight excluding hydrogens is 304 g/mol. The summed E-state index contributed by atoms with van der Waals surface area (Å²) < 4.78 is 2.80. The molecule has 0 saturated heterocycles. The molecule has 4 fully saturated rings. The Balaban J connectivity index is 1.47. The summed E-state index contributed by atoms with van der Waals surface area (Å²) in [6, 6.07) is 1.50. The zero-order valence-corrected chi connectivity index (χ0v) is 17.4. The van der Waals surface area contributed by atoms with Crippen LogP contribution in [0.25, 0.3) is 0 Å². The summed E-state index contributed by atoms with van der Waals surface area (Å²) in [6.45, 7) is 17.9. The van der Waals surface area contributed by atoms with Crippen LogP contribution in [-0.4, -0.2) is 41.0 Å². The van der Waals surface area contributed by atoms with Gasteiger partial charge in [0.15, 0.2) is 0 Å². The number of nitrogens with zero attached hydrogens (tertiary/aromatic N) is 2. The molecule has 2 nitrogen and oxygen atoms in total. The van der Waals surface area contributed by atoms with E-state index in [9.17, 15) is 0 Å². The summed E-state index contributed by atoms with van der Waals surface area (Å²) in [5.41, 5.74) is 2.06. The Morgan fingerprint density at radius 1 is 0.840 bits per heavy atom. The first-order chi connectivity index (χ1) is 11.6. The third-order valence-electron chi connectivity index (χ3n) is 9.96. The lowest BCUT2D eigenvalue weighted by Gasteiger charge is -2.43. The van der Waals surface area contributed by atoms with Crippen molar-refractivity contribution in [3.05, 3.63) is 0 Å². The van der Waals surface area contributed by atoms with E-state index in [1.165, 1.54) is 51.6 Å². The van der Waals surface area contributed by atoms with Gasteiger partial charge < -0.3 is 0 Å². The van der Waals surface area contributed by atoms with E-state index in [4.69, 9.17) is 0 Å². The molecule has 1 heterocycles. The minimum Gasteiger partial charge on any atom is -0.260 e. The van der Waals surface area contributed by atoms with Crippen molar-refractivity contribution in [2.24, 2.45) is 33.5 Å². The summed E-state index contributed by atoms with van der Waals surface area (Å²) in [6.07, 6.45) is 11.4. The Morgan fingerprint density at radius 2 is 1.44 bits per heavy atom. The molecule has 2 heteroatoms. The van der Waals surface area contributed by atoms with Crippen LogP contribution in [0.15, 0.2) is 0 Å². The third-order valence-corrected chi connectivity index (χ3v) is 9.96. The van der Waals surface area contributed by atoms with Crippen LogP contribution in [0.5, 0.6) is 0 Å². The number of rotatable bonds is 2. The molecule has 25 heavy (non-hydrogen) atoms. The van der Waals surface area contributed by atoms with Crippen LogP contribution in [0, 0.1) is 33.5 Å². The Bertz CT molecular complexity index is 622. The molecule has 4 aliphatic carbocycles. The summed E-state index contributed by atoms with van der Waals surface area (Å²) in [7, 11) is 0. The van der Waals surface area contributed by atoms with Gasteiger partial charge in [0, 0.05) is 21.7 Å². The molecule has 5 rings (SSSR count). The van der Waals surface area contributed by atoms with E-state index >= 15 is 0 Å². The Morgan fingerprint density at radius 3 is 2.00 bits per heavy atom. The SMILES string of the molecule is CC1(C)[C@H]2CC[C@](C)(C2)[C@H]1N1C=[N+]([C@H]2C(C)(C)[C@H]3CC[C@]2(C)C3)CC1. The normalized spacial score (nSPS) is 52.2. The van der Waals surface area contributed by atoms with Crippen LogP contribution in [0.1, 0.15) is 80.1 Å². The lowest BCUT2D eigenvalue weighted by atomic mass is 9.68. The Hall–Kier alpha value is -0.530. The number of fused-ring (bicyclic) bond motifs is 4. The van der Waals surface area contributed by atoms with Crippen molar-refractivity contribution in [3.8, 4) is 0 Å². The van der Waals surface area contributed by atoms with Gasteiger partial charge in [-0.25, -0.2) is 0 Å². The maximum Gasteiger partial charge on any atom is 0.234 e. The molecule has 0 unspecified atom stereocenters. The molecule has 4 bridgehead atoms. The van der Waals surface area contributed by atoms with E-state index in [2.05, 4.69) is 57.4 Å². The fourth-order valence-corrected chi connectivity index (χ4v) is 9.14. The minimum atomic E-state index is 0.480. The van der Waals surface area contributed by atoms with Gasteiger partial charge in [-0.3, -0.25) is 9.48 Å². The second-order valence-electron chi connectivity index (χ2n) is 12.2. The van der Waals surface area contributed by atoms with Crippen LogP contribution >= 0.6 is 0 Å². The van der Waals surface area contributed by atoms with E-state index in [0.717, 1.165) is 23.9 Å². The molecule has 140 valence electrons. The van der Waals surface area contributed by atoms with Gasteiger partial charge in [-0.1, -0.05) is 41.5 Å². The zero-order valence-electron chi connectivity index (χ0n) is 17.4. The van der Waals surface area contributed by atoms with Crippen molar-refractivity contribution < 1.29 is 4.58 Å². The predicted octanol–water partition coefficient (Wildman–Crippen LogP) is 4.77. The highest BCUT2D eigenvalue weighted by molar-refractivity contribution is 5.52. The van der Waals surface area contributed by atoms with Gasteiger partial charge in [0.1, 0.15) is 25.2 Å². The Kier molecular flexibility index (Phi) is 3.09. The fraction of sp³-hybridized carbons (Fsp3) is 0.957. The molecule has 0 amide bonds. The van der Waals surface area contributed by atoms with Gasteiger partial charge >= 0.3 is 0 Å². The minimum absolute atomic E-state index is 0.480. The maximum absolute atomic E-state index is 2.80. The second-order valence-corrected chi connectivity index (χ2v) is 12.2. The summed E-state index contributed by atoms with van der Waals surface area (Å²) >= 11 is 0. The molecule has 4 saturated carbocycles. The second kappa shape index (κ2) is 4.65. The lowest BCUT2D eigenvalue weighted by Crippen LogP contribution is -2.52. The Labute approximate surface area is 155 Å². The molecule has 0 aromatic rings. The lowest BCUT2D eigenvalue weighted by molar-refractivity contribution is -0.585. The highest BCUT2D eigenvalue weighted by atomic mass is 15.3. The van der Waals surface area contributed by atoms with Crippen LogP contribution in [0.4, 0.5) is 0 Å². The summed E-state index contributed by atoms with van der Waals surface area (Å²) in [5, 5.41) is 0. The van der Waals surface area contributed by atoms with Crippen molar-refractivity contribution in [1.29, 1.82) is 0 Å². The average molecular weight is 344 g/mol. The first kappa shape index (κ1) is 16.6. The molecule has 0 spiro atoms. The molecule has 0 aromatic carbocycles. The smallest absolute Gasteiger partial charge is 0.234 e. The molecule has 5 aliphatic rings. The first-order valence-corrected chi connectivity index (χ1v) is 10.9. The van der Waals surface area contributed by atoms with Crippen molar-refractivity contribution in [1.82, 2.24) is 4.90 Å². The number of hydrogen-bond donors (Lipinski definition) is 0. The van der Waals surface area contributed by atoms with E-state index in [1.807, 2.05) is 0 Å². The number of hydrogen-bond acceptors (Lipinski definition) is 1. The fourth-order valence-electron chi connectivity index (χ4n) is 9.14. The van der Waals surface area contributed by atoms with Gasteiger partial charge in [0.25, 0.3) is 0 Å². The average Bonchev–Trinajstić information content (AvgIpc) is 3.23. The molecule has 0 N–H and O–H groups in total. The molecule has 6 atom stereocenters. The quantitative estimate of drug-likeness (QED) is 0.654. The highest BCUT2D eigenvalue weighted by Gasteiger charge is 2.66. The van der Waals surface area contributed by atoms with Crippen LogP contribution in [0.2, 0.25) is 0 Å². The van der Waals surface area contributed by atoms with Gasteiger partial charge in [-0.15, -0.1) is 0 Å². The van der Waals surface area contributed by atoms with E-state index < -0.39 is 0 Å². The monoisotopic (exact) mass is 343 g/mol. The standard InChI is InChI=1S/C23H39N2/c1-20(2)16-7-9-22(5,13-16)18(20)24-11-12-25(15-24)19-21(3,4)17-8-10-23(19,6)14-17/h15-19H,7-14H2,1-6H3/q+1/t16-,17-,18-,19-,22+,23+/m0/s1. The van der Waals surface area contributed by atoms with Crippen molar-refractivity contribution >= 4 is 6.34 Å². The topological polar surface area (TPSA) is 6.25 Å². The van der Waals surface area contributed by atoms with Crippen molar-refractivity contribution in [3.63, 3.8) is 0 Å². The maximum atomic E-state index is 2.80. The van der Waals surface area contributed by atoms with E-state index in [1.54, 1.807) is 0 Å². The molecule has 0 aromatic heterocycles. The van der Waals surface area contributed by atoms with Crippen LogP contribution in [-0.2, 0) is 0 Å². The van der Waals surface area contributed by atoms with Crippen LogP contribution < -0.4 is 0 Å². The van der Waals surface area contributed by atoms with Gasteiger partial charge in [0.05, 0.1) is 0 Å². The van der Waals surface area contributed by atoms with Crippen molar-refractivity contribution in [2.75, 3.05) is 13.1 Å². The van der Waals surface area contributed by atoms with Gasteiger partial charge in [-0.2, -0.15) is 0 Å². The van der Waals surface area contributed by atoms with E-state index in [0.29, 0.717) is 21.7 Å². The largest absolute Gasteiger partial charge is 0.260 e.